The third-order valence-electron chi connectivity index (χ3n) is 4.22. The van der Waals surface area contributed by atoms with Gasteiger partial charge in [-0.1, -0.05) is 29.8 Å². The Balaban J connectivity index is 1.51. The number of thiophene rings is 1. The van der Waals surface area contributed by atoms with Crippen molar-refractivity contribution in [1.29, 1.82) is 0 Å². The quantitative estimate of drug-likeness (QED) is 0.277. The number of halogens is 1. The molecule has 29 heavy (non-hydrogen) atoms. The summed E-state index contributed by atoms with van der Waals surface area (Å²) >= 11 is 7.62. The van der Waals surface area contributed by atoms with Crippen molar-refractivity contribution in [3.05, 3.63) is 92.6 Å². The van der Waals surface area contributed by atoms with Crippen molar-refractivity contribution in [3.8, 4) is 5.69 Å². The van der Waals surface area contributed by atoms with Gasteiger partial charge in [-0.05, 0) is 30.3 Å². The Labute approximate surface area is 174 Å². The number of nitrogens with one attached hydrogen (secondary N) is 1. The molecule has 0 unspecified atom stereocenters. The lowest BCUT2D eigenvalue weighted by Gasteiger charge is -2.05. The predicted octanol–water partition coefficient (Wildman–Crippen LogP) is 5.02. The zero-order valence-corrected chi connectivity index (χ0v) is 16.4. The second-order valence-corrected chi connectivity index (χ2v) is 7.45. The van der Waals surface area contributed by atoms with Crippen molar-refractivity contribution in [2.24, 2.45) is 5.10 Å². The Bertz CT molecular complexity index is 1240. The third kappa shape index (κ3) is 3.75. The molecule has 9 heteroatoms. The van der Waals surface area contributed by atoms with Crippen LogP contribution in [0.15, 0.2) is 72.0 Å². The number of benzene rings is 2. The molecule has 4 aromatic rings. The first-order chi connectivity index (χ1) is 14.0. The average molecular weight is 425 g/mol. The molecule has 0 aliphatic carbocycles. The van der Waals surface area contributed by atoms with E-state index in [0.29, 0.717) is 15.6 Å². The van der Waals surface area contributed by atoms with Crippen LogP contribution >= 0.6 is 22.9 Å². The van der Waals surface area contributed by atoms with Crippen molar-refractivity contribution in [2.45, 2.75) is 0 Å². The van der Waals surface area contributed by atoms with Crippen LogP contribution in [-0.2, 0) is 0 Å². The lowest BCUT2D eigenvalue weighted by molar-refractivity contribution is -0.384. The molecular formula is C20H13ClN4O3S. The SMILES string of the molecule is O=C(NN=Cc1cccn1-c1ccc([N+](=O)[O-])cc1)c1sc2ccccc2c1Cl. The Morgan fingerprint density at radius 1 is 1.14 bits per heavy atom. The number of amides is 1. The largest absolute Gasteiger partial charge is 0.316 e. The first-order valence-electron chi connectivity index (χ1n) is 8.47. The molecule has 0 fully saturated rings. The molecule has 0 saturated carbocycles. The van der Waals surface area contributed by atoms with Crippen LogP contribution in [0.5, 0.6) is 0 Å². The Hall–Kier alpha value is -3.49. The fourth-order valence-corrected chi connectivity index (χ4v) is 4.24. The summed E-state index contributed by atoms with van der Waals surface area (Å²) in [6.07, 6.45) is 3.30. The molecule has 1 N–H and O–H groups in total. The van der Waals surface area contributed by atoms with Gasteiger partial charge in [0.15, 0.2) is 0 Å². The number of carbonyl (C=O) groups is 1. The molecule has 7 nitrogen and oxygen atoms in total. The fourth-order valence-electron chi connectivity index (χ4n) is 2.84. The summed E-state index contributed by atoms with van der Waals surface area (Å²) in [6.45, 7) is 0. The molecule has 2 heterocycles. The highest BCUT2D eigenvalue weighted by atomic mass is 35.5. The molecule has 0 atom stereocenters. The first kappa shape index (κ1) is 18.9. The van der Waals surface area contributed by atoms with Crippen molar-refractivity contribution < 1.29 is 9.72 Å². The lowest BCUT2D eigenvalue weighted by Crippen LogP contribution is -2.17. The minimum Gasteiger partial charge on any atom is -0.316 e. The third-order valence-corrected chi connectivity index (χ3v) is 5.90. The van der Waals surface area contributed by atoms with Gasteiger partial charge in [0.05, 0.1) is 21.9 Å². The summed E-state index contributed by atoms with van der Waals surface area (Å²) in [6, 6.07) is 17.3. The van der Waals surface area contributed by atoms with E-state index >= 15 is 0 Å². The van der Waals surface area contributed by atoms with Crippen LogP contribution in [0.3, 0.4) is 0 Å². The van der Waals surface area contributed by atoms with E-state index in [-0.39, 0.29) is 11.6 Å². The van der Waals surface area contributed by atoms with Crippen LogP contribution in [0.2, 0.25) is 5.02 Å². The second kappa shape index (κ2) is 7.86. The van der Waals surface area contributed by atoms with E-state index in [1.165, 1.54) is 29.7 Å². The molecule has 0 saturated heterocycles. The number of hydrazone groups is 1. The van der Waals surface area contributed by atoms with Gasteiger partial charge < -0.3 is 4.57 Å². The molecule has 144 valence electrons. The normalized spacial score (nSPS) is 11.2. The molecular weight excluding hydrogens is 412 g/mol. The summed E-state index contributed by atoms with van der Waals surface area (Å²) in [5.41, 5.74) is 3.95. The summed E-state index contributed by atoms with van der Waals surface area (Å²) < 4.78 is 2.73. The number of rotatable bonds is 5. The number of nitrogens with zero attached hydrogens (tertiary/aromatic N) is 3. The van der Waals surface area contributed by atoms with Gasteiger partial charge in [0, 0.05) is 34.1 Å². The highest BCUT2D eigenvalue weighted by molar-refractivity contribution is 7.21. The second-order valence-electron chi connectivity index (χ2n) is 6.02. The van der Waals surface area contributed by atoms with E-state index in [4.69, 9.17) is 11.6 Å². The Morgan fingerprint density at radius 2 is 1.90 bits per heavy atom. The van der Waals surface area contributed by atoms with E-state index in [2.05, 4.69) is 10.5 Å². The zero-order valence-electron chi connectivity index (χ0n) is 14.8. The summed E-state index contributed by atoms with van der Waals surface area (Å²) in [5, 5.41) is 16.1. The Morgan fingerprint density at radius 3 is 2.62 bits per heavy atom. The van der Waals surface area contributed by atoms with E-state index in [0.717, 1.165) is 15.8 Å². The van der Waals surface area contributed by atoms with Crippen molar-refractivity contribution in [3.63, 3.8) is 0 Å². The molecule has 4 rings (SSSR count). The van der Waals surface area contributed by atoms with Crippen LogP contribution in [0, 0.1) is 10.1 Å². The van der Waals surface area contributed by atoms with Gasteiger partial charge in [-0.3, -0.25) is 14.9 Å². The summed E-state index contributed by atoms with van der Waals surface area (Å²) in [7, 11) is 0. The van der Waals surface area contributed by atoms with Crippen molar-refractivity contribution in [2.75, 3.05) is 0 Å². The van der Waals surface area contributed by atoms with Gasteiger partial charge in [-0.15, -0.1) is 11.3 Å². The molecule has 2 aromatic heterocycles. The number of hydrogen-bond donors (Lipinski definition) is 1. The number of nitro benzene ring substituents is 1. The minimum absolute atomic E-state index is 0.0172. The van der Waals surface area contributed by atoms with Crippen molar-refractivity contribution >= 4 is 50.8 Å². The molecule has 2 aromatic carbocycles. The fraction of sp³-hybridized carbons (Fsp3) is 0. The Kier molecular flexibility index (Phi) is 5.11. The smallest absolute Gasteiger partial charge is 0.283 e. The molecule has 1 amide bonds. The average Bonchev–Trinajstić information content (AvgIpc) is 3.33. The highest BCUT2D eigenvalue weighted by Gasteiger charge is 2.16. The number of carbonyl (C=O) groups excluding carboxylic acids is 1. The maximum Gasteiger partial charge on any atom is 0.283 e. The predicted molar refractivity (Wildman–Crippen MR) is 114 cm³/mol. The van der Waals surface area contributed by atoms with E-state index in [9.17, 15) is 14.9 Å². The monoisotopic (exact) mass is 424 g/mol. The number of aromatic nitrogens is 1. The van der Waals surface area contributed by atoms with E-state index in [1.807, 2.05) is 36.4 Å². The number of nitro groups is 1. The van der Waals surface area contributed by atoms with Crippen LogP contribution in [0.4, 0.5) is 5.69 Å². The molecule has 0 spiro atoms. The maximum absolute atomic E-state index is 12.5. The maximum atomic E-state index is 12.5. The highest BCUT2D eigenvalue weighted by Crippen LogP contribution is 2.34. The minimum atomic E-state index is -0.448. The molecule has 0 radical (unpaired) electrons. The molecule has 0 aliphatic heterocycles. The topological polar surface area (TPSA) is 89.5 Å². The number of fused-ring (bicyclic) bond motifs is 1. The van der Waals surface area contributed by atoms with Crippen LogP contribution in [0.1, 0.15) is 15.4 Å². The van der Waals surface area contributed by atoms with Crippen molar-refractivity contribution in [1.82, 2.24) is 9.99 Å². The van der Waals surface area contributed by atoms with E-state index < -0.39 is 4.92 Å². The van der Waals surface area contributed by atoms with Crippen LogP contribution in [-0.4, -0.2) is 21.6 Å². The van der Waals surface area contributed by atoms with Crippen LogP contribution < -0.4 is 5.43 Å². The molecule has 0 aliphatic rings. The zero-order chi connectivity index (χ0) is 20.4. The summed E-state index contributed by atoms with van der Waals surface area (Å²) in [5.74, 6) is -0.388. The van der Waals surface area contributed by atoms with Gasteiger partial charge in [-0.25, -0.2) is 5.43 Å². The van der Waals surface area contributed by atoms with Gasteiger partial charge in [0.2, 0.25) is 0 Å². The van der Waals surface area contributed by atoms with Gasteiger partial charge >= 0.3 is 0 Å². The standard InChI is InChI=1S/C20H13ClN4O3S/c21-18-16-5-1-2-6-17(16)29-19(18)20(26)23-22-12-15-4-3-11-24(15)13-7-9-14(10-8-13)25(27)28/h1-12H,(H,23,26). The van der Waals surface area contributed by atoms with Gasteiger partial charge in [-0.2, -0.15) is 5.10 Å². The number of hydrogen-bond acceptors (Lipinski definition) is 5. The van der Waals surface area contributed by atoms with E-state index in [1.54, 1.807) is 22.9 Å². The van der Waals surface area contributed by atoms with Gasteiger partial charge in [0.1, 0.15) is 4.88 Å². The number of non-ortho nitro benzene ring substituents is 1. The van der Waals surface area contributed by atoms with Crippen LogP contribution in [0.25, 0.3) is 15.8 Å². The molecule has 0 bridgehead atoms. The first-order valence-corrected chi connectivity index (χ1v) is 9.66. The van der Waals surface area contributed by atoms with Gasteiger partial charge in [0.25, 0.3) is 11.6 Å². The lowest BCUT2D eigenvalue weighted by atomic mass is 10.2. The summed E-state index contributed by atoms with van der Waals surface area (Å²) in [4.78, 5) is 23.2.